The number of hydrogen-bond donors (Lipinski definition) is 0. The second-order valence-corrected chi connectivity index (χ2v) is 6.81. The normalized spacial score (nSPS) is 14.4. The lowest BCUT2D eigenvalue weighted by Crippen LogP contribution is -2.12. The van der Waals surface area contributed by atoms with Crippen LogP contribution in [0.5, 0.6) is 5.75 Å². The lowest BCUT2D eigenvalue weighted by molar-refractivity contribution is 0.101. The molecule has 1 aromatic carbocycles. The monoisotopic (exact) mass is 332 g/mol. The predicted molar refractivity (Wildman–Crippen MR) is 98.1 cm³/mol. The van der Waals surface area contributed by atoms with Crippen molar-refractivity contribution in [3.8, 4) is 5.75 Å². The number of hydrogen-bond acceptors (Lipinski definition) is 3. The fraction of sp³-hybridized carbons (Fsp3) is 0.667. The van der Waals surface area contributed by atoms with Crippen LogP contribution in [0.2, 0.25) is 0 Å². The van der Waals surface area contributed by atoms with E-state index in [2.05, 4.69) is 6.92 Å². The molecule has 0 heterocycles. The van der Waals surface area contributed by atoms with Crippen LogP contribution in [0.1, 0.15) is 87.1 Å². The van der Waals surface area contributed by atoms with E-state index in [1.807, 2.05) is 18.2 Å². The van der Waals surface area contributed by atoms with Crippen LogP contribution < -0.4 is 4.74 Å². The van der Waals surface area contributed by atoms with Gasteiger partial charge in [0.15, 0.2) is 5.78 Å². The van der Waals surface area contributed by atoms with Gasteiger partial charge in [0, 0.05) is 18.8 Å². The van der Waals surface area contributed by atoms with E-state index < -0.39 is 0 Å². The van der Waals surface area contributed by atoms with Gasteiger partial charge in [0.1, 0.15) is 5.75 Å². The minimum Gasteiger partial charge on any atom is -0.493 e. The Kier molecular flexibility index (Phi) is 8.31. The van der Waals surface area contributed by atoms with Gasteiger partial charge >= 0.3 is 0 Å². The Bertz CT molecular complexity index is 506. The standard InChI is InChI=1S/C21H32O3/c1-3-13-23-14-6-4-5-7-15-24-21-12-11-19(17(2)22)16-20(21)18-9-8-10-18/h11-12,16,18H,3-10,13-15H2,1-2H3. The molecule has 0 unspecified atom stereocenters. The molecule has 2 rings (SSSR count). The molecular formula is C21H32O3. The number of ketones is 1. The molecule has 0 amide bonds. The van der Waals surface area contributed by atoms with Crippen molar-refractivity contribution in [2.45, 2.75) is 71.1 Å². The van der Waals surface area contributed by atoms with E-state index in [9.17, 15) is 4.79 Å². The molecule has 0 saturated heterocycles. The van der Waals surface area contributed by atoms with Crippen molar-refractivity contribution in [1.82, 2.24) is 0 Å². The molecule has 1 aliphatic carbocycles. The van der Waals surface area contributed by atoms with Gasteiger partial charge in [-0.1, -0.05) is 19.8 Å². The van der Waals surface area contributed by atoms with Gasteiger partial charge in [-0.25, -0.2) is 0 Å². The lowest BCUT2D eigenvalue weighted by Gasteiger charge is -2.28. The second kappa shape index (κ2) is 10.5. The van der Waals surface area contributed by atoms with Crippen molar-refractivity contribution in [2.24, 2.45) is 0 Å². The number of carbonyl (C=O) groups is 1. The molecule has 1 fully saturated rings. The summed E-state index contributed by atoms with van der Waals surface area (Å²) in [4.78, 5) is 11.6. The largest absolute Gasteiger partial charge is 0.493 e. The van der Waals surface area contributed by atoms with Crippen LogP contribution in [-0.2, 0) is 4.74 Å². The van der Waals surface area contributed by atoms with E-state index in [-0.39, 0.29) is 5.78 Å². The predicted octanol–water partition coefficient (Wildman–Crippen LogP) is 5.52. The minimum atomic E-state index is 0.132. The van der Waals surface area contributed by atoms with Gasteiger partial charge in [-0.05, 0) is 75.1 Å². The Balaban J connectivity index is 1.72. The highest BCUT2D eigenvalue weighted by atomic mass is 16.5. The summed E-state index contributed by atoms with van der Waals surface area (Å²) in [7, 11) is 0. The molecule has 134 valence electrons. The Labute approximate surface area is 146 Å². The molecule has 0 aromatic heterocycles. The fourth-order valence-electron chi connectivity index (χ4n) is 3.03. The maximum Gasteiger partial charge on any atom is 0.159 e. The van der Waals surface area contributed by atoms with Crippen LogP contribution in [0.15, 0.2) is 18.2 Å². The van der Waals surface area contributed by atoms with Crippen molar-refractivity contribution < 1.29 is 14.3 Å². The van der Waals surface area contributed by atoms with Gasteiger partial charge in [-0.3, -0.25) is 4.79 Å². The SMILES string of the molecule is CCCOCCCCCCOc1ccc(C(C)=O)cc1C1CCC1. The van der Waals surface area contributed by atoms with Crippen molar-refractivity contribution in [3.05, 3.63) is 29.3 Å². The molecule has 1 aliphatic rings. The number of unbranched alkanes of at least 4 members (excludes halogenated alkanes) is 3. The zero-order valence-corrected chi connectivity index (χ0v) is 15.3. The highest BCUT2D eigenvalue weighted by molar-refractivity contribution is 5.94. The van der Waals surface area contributed by atoms with Gasteiger partial charge in [0.05, 0.1) is 6.61 Å². The lowest BCUT2D eigenvalue weighted by atomic mass is 9.79. The molecule has 0 spiro atoms. The number of Topliss-reactive ketones (excluding diaryl/α,β-unsaturated/α-hetero) is 1. The minimum absolute atomic E-state index is 0.132. The summed E-state index contributed by atoms with van der Waals surface area (Å²) >= 11 is 0. The van der Waals surface area contributed by atoms with E-state index in [4.69, 9.17) is 9.47 Å². The first kappa shape index (κ1) is 19.0. The maximum absolute atomic E-state index is 11.6. The molecule has 0 radical (unpaired) electrons. The van der Waals surface area contributed by atoms with Crippen LogP contribution in [0.3, 0.4) is 0 Å². The third-order valence-electron chi connectivity index (χ3n) is 4.75. The first-order chi connectivity index (χ1) is 11.7. The van der Waals surface area contributed by atoms with Crippen LogP contribution >= 0.6 is 0 Å². The highest BCUT2D eigenvalue weighted by Crippen LogP contribution is 2.41. The smallest absolute Gasteiger partial charge is 0.159 e. The van der Waals surface area contributed by atoms with E-state index in [1.54, 1.807) is 6.92 Å². The molecule has 1 saturated carbocycles. The summed E-state index contributed by atoms with van der Waals surface area (Å²) in [6, 6.07) is 5.93. The summed E-state index contributed by atoms with van der Waals surface area (Å²) in [6.07, 6.45) is 9.41. The van der Waals surface area contributed by atoms with Crippen LogP contribution in [0.25, 0.3) is 0 Å². The summed E-state index contributed by atoms with van der Waals surface area (Å²) < 4.78 is 11.5. The van der Waals surface area contributed by atoms with Gasteiger partial charge < -0.3 is 9.47 Å². The first-order valence-electron chi connectivity index (χ1n) is 9.57. The second-order valence-electron chi connectivity index (χ2n) is 6.81. The van der Waals surface area contributed by atoms with E-state index in [0.29, 0.717) is 5.92 Å². The Hall–Kier alpha value is -1.35. The van der Waals surface area contributed by atoms with Gasteiger partial charge in [0.2, 0.25) is 0 Å². The summed E-state index contributed by atoms with van der Waals surface area (Å²) in [5.41, 5.74) is 2.04. The third-order valence-corrected chi connectivity index (χ3v) is 4.75. The van der Waals surface area contributed by atoms with Crippen LogP contribution in [-0.4, -0.2) is 25.6 Å². The number of rotatable bonds is 12. The fourth-order valence-corrected chi connectivity index (χ4v) is 3.03. The van der Waals surface area contributed by atoms with E-state index in [1.165, 1.54) is 37.7 Å². The van der Waals surface area contributed by atoms with Gasteiger partial charge in [0.25, 0.3) is 0 Å². The quantitative estimate of drug-likeness (QED) is 0.373. The summed E-state index contributed by atoms with van der Waals surface area (Å²) in [5, 5.41) is 0. The Morgan fingerprint density at radius 2 is 1.83 bits per heavy atom. The summed E-state index contributed by atoms with van der Waals surface area (Å²) in [6.45, 7) is 6.29. The highest BCUT2D eigenvalue weighted by Gasteiger charge is 2.23. The number of carbonyl (C=O) groups excluding carboxylic acids is 1. The van der Waals surface area contributed by atoms with Crippen molar-refractivity contribution in [1.29, 1.82) is 0 Å². The van der Waals surface area contributed by atoms with Crippen LogP contribution in [0.4, 0.5) is 0 Å². The zero-order valence-electron chi connectivity index (χ0n) is 15.3. The van der Waals surface area contributed by atoms with Gasteiger partial charge in [-0.2, -0.15) is 0 Å². The molecule has 0 aliphatic heterocycles. The summed E-state index contributed by atoms with van der Waals surface area (Å²) in [5.74, 6) is 1.69. The average molecular weight is 332 g/mol. The maximum atomic E-state index is 11.6. The molecule has 0 bridgehead atoms. The first-order valence-corrected chi connectivity index (χ1v) is 9.57. The van der Waals surface area contributed by atoms with E-state index >= 15 is 0 Å². The number of benzene rings is 1. The molecule has 0 atom stereocenters. The topological polar surface area (TPSA) is 35.5 Å². The van der Waals surface area contributed by atoms with Gasteiger partial charge in [-0.15, -0.1) is 0 Å². The van der Waals surface area contributed by atoms with E-state index in [0.717, 1.165) is 50.4 Å². The van der Waals surface area contributed by atoms with Crippen LogP contribution in [0, 0.1) is 0 Å². The average Bonchev–Trinajstić information content (AvgIpc) is 2.52. The molecule has 1 aromatic rings. The molecule has 3 heteroatoms. The van der Waals surface area contributed by atoms with Crippen molar-refractivity contribution in [3.63, 3.8) is 0 Å². The van der Waals surface area contributed by atoms with Crippen molar-refractivity contribution in [2.75, 3.05) is 19.8 Å². The molecule has 3 nitrogen and oxygen atoms in total. The Morgan fingerprint density at radius 3 is 2.46 bits per heavy atom. The molecular weight excluding hydrogens is 300 g/mol. The molecule has 24 heavy (non-hydrogen) atoms. The number of ether oxygens (including phenoxy) is 2. The third kappa shape index (κ3) is 5.94. The van der Waals surface area contributed by atoms with Crippen molar-refractivity contribution >= 4 is 5.78 Å². The Morgan fingerprint density at radius 1 is 1.08 bits per heavy atom. The zero-order chi connectivity index (χ0) is 17.2. The molecule has 0 N–H and O–H groups in total.